The van der Waals surface area contributed by atoms with Gasteiger partial charge in [-0.3, -0.25) is 0 Å². The van der Waals surface area contributed by atoms with E-state index in [-0.39, 0.29) is 5.76 Å². The van der Waals surface area contributed by atoms with Crippen molar-refractivity contribution in [2.45, 2.75) is 38.8 Å². The molecule has 0 heterocycles. The van der Waals surface area contributed by atoms with E-state index in [1.54, 1.807) is 32.5 Å². The molecule has 0 rings (SSSR count). The molecule has 94 valence electrons. The van der Waals surface area contributed by atoms with Gasteiger partial charge < -0.3 is 15.2 Å². The van der Waals surface area contributed by atoms with Crippen LogP contribution in [0.15, 0.2) is 12.3 Å². The molecule has 16 heavy (non-hydrogen) atoms. The Bertz CT molecular complexity index is 248. The molecule has 0 saturated heterocycles. The lowest BCUT2D eigenvalue weighted by Crippen LogP contribution is -2.40. The number of amides is 1. The molecule has 0 aliphatic heterocycles. The molecule has 0 aromatic heterocycles. The molecule has 2 N–H and O–H groups in total. The van der Waals surface area contributed by atoms with E-state index in [0.29, 0.717) is 6.42 Å². The van der Waals surface area contributed by atoms with Gasteiger partial charge in [-0.1, -0.05) is 6.58 Å². The quantitative estimate of drug-likeness (QED) is 0.733. The molecule has 0 fully saturated rings. The average Bonchev–Trinajstić information content (AvgIpc) is 2.08. The second kappa shape index (κ2) is 6.68. The Morgan fingerprint density at radius 2 is 2.12 bits per heavy atom. The summed E-state index contributed by atoms with van der Waals surface area (Å²) in [7, 11) is 0. The fourth-order valence-corrected chi connectivity index (χ4v) is 1.48. The number of alkyl carbamates (subject to hydrolysis) is 1. The molecular weight excluding hydrogens is 226 g/mol. The van der Waals surface area contributed by atoms with Gasteiger partial charge in [0, 0.05) is 0 Å². The van der Waals surface area contributed by atoms with Gasteiger partial charge in [-0.15, -0.1) is 0 Å². The van der Waals surface area contributed by atoms with Gasteiger partial charge in [-0.05, 0) is 39.2 Å². The number of thioether (sulfide) groups is 1. The average molecular weight is 247 g/mol. The van der Waals surface area contributed by atoms with E-state index in [1.807, 2.05) is 6.26 Å². The highest BCUT2D eigenvalue weighted by Gasteiger charge is 2.20. The molecule has 0 aliphatic carbocycles. The minimum absolute atomic E-state index is 0.0418. The first-order valence-corrected chi connectivity index (χ1v) is 6.52. The molecule has 0 aromatic carbocycles. The van der Waals surface area contributed by atoms with Crippen molar-refractivity contribution >= 4 is 17.9 Å². The van der Waals surface area contributed by atoms with Crippen molar-refractivity contribution in [1.29, 1.82) is 0 Å². The smallest absolute Gasteiger partial charge is 0.408 e. The van der Waals surface area contributed by atoms with Crippen LogP contribution < -0.4 is 5.32 Å². The summed E-state index contributed by atoms with van der Waals surface area (Å²) in [4.78, 5) is 11.4. The highest BCUT2D eigenvalue weighted by atomic mass is 32.2. The summed E-state index contributed by atoms with van der Waals surface area (Å²) in [5.74, 6) is 0.792. The summed E-state index contributed by atoms with van der Waals surface area (Å²) < 4.78 is 5.09. The standard InChI is InChI=1S/C11H21NO3S/c1-8(13)9(6-7-16-5)12-10(14)15-11(2,3)4/h9,13H,1,6-7H2,2-5H3,(H,12,14)/t9-/m0/s1. The predicted octanol–water partition coefficient (Wildman–Crippen LogP) is 2.70. The van der Waals surface area contributed by atoms with Gasteiger partial charge in [0.2, 0.25) is 0 Å². The van der Waals surface area contributed by atoms with E-state index in [0.717, 1.165) is 5.75 Å². The van der Waals surface area contributed by atoms with Crippen molar-refractivity contribution in [3.63, 3.8) is 0 Å². The highest BCUT2D eigenvalue weighted by molar-refractivity contribution is 7.98. The minimum Gasteiger partial charge on any atom is -0.511 e. The summed E-state index contributed by atoms with van der Waals surface area (Å²) in [5, 5.41) is 11.9. The lowest BCUT2D eigenvalue weighted by molar-refractivity contribution is 0.0500. The van der Waals surface area contributed by atoms with E-state index in [2.05, 4.69) is 11.9 Å². The van der Waals surface area contributed by atoms with Crippen LogP contribution in [-0.2, 0) is 4.74 Å². The van der Waals surface area contributed by atoms with E-state index in [4.69, 9.17) is 4.74 Å². The molecule has 1 amide bonds. The molecule has 1 atom stereocenters. The highest BCUT2D eigenvalue weighted by Crippen LogP contribution is 2.10. The zero-order valence-corrected chi connectivity index (χ0v) is 11.2. The first-order valence-electron chi connectivity index (χ1n) is 5.12. The largest absolute Gasteiger partial charge is 0.511 e. The maximum Gasteiger partial charge on any atom is 0.408 e. The number of nitrogens with one attached hydrogen (secondary N) is 1. The first-order chi connectivity index (χ1) is 7.26. The van der Waals surface area contributed by atoms with Crippen LogP contribution in [0.25, 0.3) is 0 Å². The molecule has 5 heteroatoms. The number of rotatable bonds is 5. The Morgan fingerprint density at radius 3 is 2.50 bits per heavy atom. The number of hydrogen-bond acceptors (Lipinski definition) is 4. The van der Waals surface area contributed by atoms with E-state index in [9.17, 15) is 9.90 Å². The topological polar surface area (TPSA) is 58.6 Å². The molecule has 0 aliphatic rings. The molecule has 4 nitrogen and oxygen atoms in total. The summed E-state index contributed by atoms with van der Waals surface area (Å²) in [6.07, 6.45) is 2.06. The summed E-state index contributed by atoms with van der Waals surface area (Å²) in [6, 6.07) is -0.442. The van der Waals surface area contributed by atoms with Crippen LogP contribution in [0.2, 0.25) is 0 Å². The van der Waals surface area contributed by atoms with Crippen LogP contribution in [0.4, 0.5) is 4.79 Å². The molecule has 0 bridgehead atoms. The molecule has 0 unspecified atom stereocenters. The number of aliphatic hydroxyl groups is 1. The summed E-state index contributed by atoms with van der Waals surface area (Å²) in [6.45, 7) is 8.80. The van der Waals surface area contributed by atoms with Gasteiger partial charge in [-0.2, -0.15) is 11.8 Å². The summed E-state index contributed by atoms with van der Waals surface area (Å²) in [5.41, 5.74) is -0.537. The number of hydrogen-bond donors (Lipinski definition) is 2. The van der Waals surface area contributed by atoms with Gasteiger partial charge in [-0.25, -0.2) is 4.79 Å². The van der Waals surface area contributed by atoms with Gasteiger partial charge >= 0.3 is 6.09 Å². The van der Waals surface area contributed by atoms with E-state index in [1.165, 1.54) is 0 Å². The third-order valence-corrected chi connectivity index (χ3v) is 2.35. The van der Waals surface area contributed by atoms with Crippen LogP contribution in [-0.4, -0.2) is 34.9 Å². The number of carbonyl (C=O) groups excluding carboxylic acids is 1. The normalized spacial score (nSPS) is 13.0. The van der Waals surface area contributed by atoms with Gasteiger partial charge in [0.25, 0.3) is 0 Å². The SMILES string of the molecule is C=C(O)[C@H](CCSC)NC(=O)OC(C)(C)C. The van der Waals surface area contributed by atoms with Crippen molar-refractivity contribution in [3.05, 3.63) is 12.3 Å². The molecule has 0 aromatic rings. The van der Waals surface area contributed by atoms with Crippen molar-refractivity contribution in [1.82, 2.24) is 5.32 Å². The van der Waals surface area contributed by atoms with Gasteiger partial charge in [0.05, 0.1) is 6.04 Å². The predicted molar refractivity (Wildman–Crippen MR) is 67.9 cm³/mol. The number of aliphatic hydroxyl groups excluding tert-OH is 1. The second-order valence-corrected chi connectivity index (χ2v) is 5.46. The molecular formula is C11H21NO3S. The molecule has 0 radical (unpaired) electrons. The lowest BCUT2D eigenvalue weighted by Gasteiger charge is -2.23. The fourth-order valence-electron chi connectivity index (χ4n) is 1.01. The third-order valence-electron chi connectivity index (χ3n) is 1.70. The zero-order chi connectivity index (χ0) is 12.8. The van der Waals surface area contributed by atoms with Crippen LogP contribution in [0, 0.1) is 0 Å². The van der Waals surface area contributed by atoms with Crippen molar-refractivity contribution in [2.24, 2.45) is 0 Å². The minimum atomic E-state index is -0.537. The van der Waals surface area contributed by atoms with Crippen molar-refractivity contribution in [2.75, 3.05) is 12.0 Å². The van der Waals surface area contributed by atoms with Crippen molar-refractivity contribution in [3.8, 4) is 0 Å². The van der Waals surface area contributed by atoms with Crippen LogP contribution in [0.3, 0.4) is 0 Å². The Labute approximate surface area is 101 Å². The van der Waals surface area contributed by atoms with Crippen LogP contribution in [0.1, 0.15) is 27.2 Å². The maximum atomic E-state index is 11.4. The molecule has 0 spiro atoms. The number of carbonyl (C=O) groups is 1. The maximum absolute atomic E-state index is 11.4. The van der Waals surface area contributed by atoms with Crippen molar-refractivity contribution < 1.29 is 14.6 Å². The monoisotopic (exact) mass is 247 g/mol. The third kappa shape index (κ3) is 7.45. The summed E-state index contributed by atoms with van der Waals surface area (Å²) >= 11 is 1.64. The van der Waals surface area contributed by atoms with Gasteiger partial charge in [0.15, 0.2) is 0 Å². The van der Waals surface area contributed by atoms with Crippen LogP contribution >= 0.6 is 11.8 Å². The Balaban J connectivity index is 4.19. The Kier molecular flexibility index (Phi) is 6.33. The Morgan fingerprint density at radius 1 is 1.56 bits per heavy atom. The Hall–Kier alpha value is -0.840. The van der Waals surface area contributed by atoms with Crippen LogP contribution in [0.5, 0.6) is 0 Å². The zero-order valence-electron chi connectivity index (χ0n) is 10.4. The molecule has 0 saturated carbocycles. The van der Waals surface area contributed by atoms with Gasteiger partial charge in [0.1, 0.15) is 11.4 Å². The lowest BCUT2D eigenvalue weighted by atomic mass is 10.2. The second-order valence-electron chi connectivity index (χ2n) is 4.47. The van der Waals surface area contributed by atoms with E-state index < -0.39 is 17.7 Å². The van der Waals surface area contributed by atoms with E-state index >= 15 is 0 Å². The number of ether oxygens (including phenoxy) is 1. The first kappa shape index (κ1) is 15.2. The fraction of sp³-hybridized carbons (Fsp3) is 0.727.